The molecule has 0 radical (unpaired) electrons. The summed E-state index contributed by atoms with van der Waals surface area (Å²) in [5.41, 5.74) is 6.01. The first-order chi connectivity index (χ1) is 7.69. The van der Waals surface area contributed by atoms with Gasteiger partial charge in [-0.1, -0.05) is 12.7 Å². The molecule has 0 aliphatic heterocycles. The van der Waals surface area contributed by atoms with Crippen molar-refractivity contribution in [1.82, 2.24) is 0 Å². The van der Waals surface area contributed by atoms with Crippen LogP contribution >= 0.6 is 0 Å². The maximum absolute atomic E-state index is 7.45. The highest BCUT2D eigenvalue weighted by molar-refractivity contribution is 5.98. The molecule has 0 unspecified atom stereocenters. The number of amidine groups is 1. The van der Waals surface area contributed by atoms with Crippen LogP contribution in [0.4, 0.5) is 0 Å². The number of nitrogens with one attached hydrogen (secondary N) is 1. The molecule has 0 spiro atoms. The number of rotatable bonds is 6. The minimum Gasteiger partial charge on any atom is -0.493 e. The van der Waals surface area contributed by atoms with Crippen molar-refractivity contribution in [2.45, 2.75) is 6.92 Å². The van der Waals surface area contributed by atoms with Crippen molar-refractivity contribution in [2.75, 3.05) is 13.2 Å². The van der Waals surface area contributed by atoms with Gasteiger partial charge in [0, 0.05) is 0 Å². The standard InChI is InChI=1S/C12H16N2O2/c1-3-7-16-9-5-6-11(15-4-2)10(8-9)12(13)14/h3,5-6,8H,1,4,7H2,2H3,(H3,13,14). The molecule has 1 rings (SSSR count). The van der Waals surface area contributed by atoms with Crippen molar-refractivity contribution in [1.29, 1.82) is 5.41 Å². The molecular formula is C12H16N2O2. The Morgan fingerprint density at radius 3 is 2.81 bits per heavy atom. The van der Waals surface area contributed by atoms with Crippen molar-refractivity contribution in [2.24, 2.45) is 5.73 Å². The zero-order valence-electron chi connectivity index (χ0n) is 9.32. The fourth-order valence-corrected chi connectivity index (χ4v) is 1.25. The summed E-state index contributed by atoms with van der Waals surface area (Å²) in [7, 11) is 0. The summed E-state index contributed by atoms with van der Waals surface area (Å²) in [4.78, 5) is 0. The predicted octanol–water partition coefficient (Wildman–Crippen LogP) is 1.93. The van der Waals surface area contributed by atoms with Gasteiger partial charge in [-0.2, -0.15) is 0 Å². The largest absolute Gasteiger partial charge is 0.493 e. The molecule has 0 saturated heterocycles. The second kappa shape index (κ2) is 5.80. The smallest absolute Gasteiger partial charge is 0.130 e. The summed E-state index contributed by atoms with van der Waals surface area (Å²) in [5.74, 6) is 1.21. The van der Waals surface area contributed by atoms with Crippen LogP contribution in [0.3, 0.4) is 0 Å². The van der Waals surface area contributed by atoms with Crippen molar-refractivity contribution in [3.63, 3.8) is 0 Å². The van der Waals surface area contributed by atoms with Gasteiger partial charge >= 0.3 is 0 Å². The lowest BCUT2D eigenvalue weighted by Crippen LogP contribution is -2.13. The monoisotopic (exact) mass is 220 g/mol. The van der Waals surface area contributed by atoms with E-state index in [4.69, 9.17) is 20.6 Å². The molecule has 0 aliphatic rings. The number of nitrogen functional groups attached to an aromatic ring is 1. The van der Waals surface area contributed by atoms with Crippen LogP contribution in [-0.4, -0.2) is 19.0 Å². The van der Waals surface area contributed by atoms with Crippen LogP contribution in [0.25, 0.3) is 0 Å². The Morgan fingerprint density at radius 2 is 2.25 bits per heavy atom. The Kier molecular flexibility index (Phi) is 4.39. The highest BCUT2D eigenvalue weighted by Crippen LogP contribution is 2.23. The molecule has 4 heteroatoms. The molecule has 3 N–H and O–H groups in total. The van der Waals surface area contributed by atoms with E-state index in [0.29, 0.717) is 30.3 Å². The fourth-order valence-electron chi connectivity index (χ4n) is 1.25. The molecule has 1 aromatic carbocycles. The number of benzene rings is 1. The first-order valence-electron chi connectivity index (χ1n) is 5.04. The quantitative estimate of drug-likeness (QED) is 0.437. The minimum atomic E-state index is -0.0347. The average molecular weight is 220 g/mol. The van der Waals surface area contributed by atoms with Crippen LogP contribution in [0.1, 0.15) is 12.5 Å². The number of hydrogen-bond acceptors (Lipinski definition) is 3. The lowest BCUT2D eigenvalue weighted by atomic mass is 10.1. The zero-order valence-corrected chi connectivity index (χ0v) is 9.32. The maximum atomic E-state index is 7.45. The minimum absolute atomic E-state index is 0.0347. The maximum Gasteiger partial charge on any atom is 0.130 e. The van der Waals surface area contributed by atoms with E-state index in [1.54, 1.807) is 24.3 Å². The molecule has 0 heterocycles. The molecule has 0 aromatic heterocycles. The average Bonchev–Trinajstić information content (AvgIpc) is 2.27. The van der Waals surface area contributed by atoms with Gasteiger partial charge in [-0.25, -0.2) is 0 Å². The molecule has 0 saturated carbocycles. The summed E-state index contributed by atoms with van der Waals surface area (Å²) >= 11 is 0. The number of ether oxygens (including phenoxy) is 2. The normalized spacial score (nSPS) is 9.56. The molecule has 0 atom stereocenters. The molecule has 0 aliphatic carbocycles. The number of hydrogen-bond donors (Lipinski definition) is 2. The van der Waals surface area contributed by atoms with Crippen LogP contribution in [-0.2, 0) is 0 Å². The molecule has 16 heavy (non-hydrogen) atoms. The predicted molar refractivity (Wildman–Crippen MR) is 64.3 cm³/mol. The molecular weight excluding hydrogens is 204 g/mol. The van der Waals surface area contributed by atoms with E-state index in [9.17, 15) is 0 Å². The summed E-state index contributed by atoms with van der Waals surface area (Å²) in [6.07, 6.45) is 1.66. The van der Waals surface area contributed by atoms with Crippen LogP contribution in [0.2, 0.25) is 0 Å². The second-order valence-electron chi connectivity index (χ2n) is 3.10. The highest BCUT2D eigenvalue weighted by Gasteiger charge is 2.08. The summed E-state index contributed by atoms with van der Waals surface area (Å²) in [6, 6.07) is 5.22. The lowest BCUT2D eigenvalue weighted by molar-refractivity contribution is 0.336. The summed E-state index contributed by atoms with van der Waals surface area (Å²) in [6.45, 7) is 6.40. The molecule has 86 valence electrons. The first-order valence-corrected chi connectivity index (χ1v) is 5.04. The Hall–Kier alpha value is -1.97. The molecule has 1 aromatic rings. The van der Waals surface area contributed by atoms with E-state index in [1.165, 1.54) is 0 Å². The van der Waals surface area contributed by atoms with Crippen LogP contribution in [0.15, 0.2) is 30.9 Å². The van der Waals surface area contributed by atoms with E-state index in [1.807, 2.05) is 6.92 Å². The Labute approximate surface area is 95.2 Å². The van der Waals surface area contributed by atoms with E-state index < -0.39 is 0 Å². The van der Waals surface area contributed by atoms with E-state index in [2.05, 4.69) is 6.58 Å². The van der Waals surface area contributed by atoms with Crippen molar-refractivity contribution < 1.29 is 9.47 Å². The van der Waals surface area contributed by atoms with Gasteiger partial charge in [-0.05, 0) is 25.1 Å². The van der Waals surface area contributed by atoms with Gasteiger partial charge in [0.05, 0.1) is 12.2 Å². The Balaban J connectivity index is 2.97. The lowest BCUT2D eigenvalue weighted by Gasteiger charge is -2.11. The summed E-state index contributed by atoms with van der Waals surface area (Å²) in [5, 5.41) is 7.45. The zero-order chi connectivity index (χ0) is 12.0. The van der Waals surface area contributed by atoms with Gasteiger partial charge in [0.15, 0.2) is 0 Å². The van der Waals surface area contributed by atoms with Gasteiger partial charge in [0.1, 0.15) is 23.9 Å². The molecule has 0 bridgehead atoms. The van der Waals surface area contributed by atoms with Crippen LogP contribution in [0, 0.1) is 5.41 Å². The topological polar surface area (TPSA) is 68.3 Å². The van der Waals surface area contributed by atoms with Gasteiger partial charge in [-0.15, -0.1) is 0 Å². The SMILES string of the molecule is C=CCOc1ccc(OCC)c(C(=N)N)c1. The van der Waals surface area contributed by atoms with Crippen LogP contribution in [0.5, 0.6) is 11.5 Å². The molecule has 0 amide bonds. The first kappa shape index (κ1) is 12.1. The fraction of sp³-hybridized carbons (Fsp3) is 0.250. The Morgan fingerprint density at radius 1 is 1.50 bits per heavy atom. The van der Waals surface area contributed by atoms with Gasteiger partial charge in [-0.3, -0.25) is 5.41 Å². The van der Waals surface area contributed by atoms with Gasteiger partial charge < -0.3 is 15.2 Å². The molecule has 4 nitrogen and oxygen atoms in total. The third kappa shape index (κ3) is 3.02. The van der Waals surface area contributed by atoms with E-state index in [-0.39, 0.29) is 5.84 Å². The summed E-state index contributed by atoms with van der Waals surface area (Å²) < 4.78 is 10.7. The third-order valence-electron chi connectivity index (χ3n) is 1.91. The van der Waals surface area contributed by atoms with Gasteiger partial charge in [0.25, 0.3) is 0 Å². The van der Waals surface area contributed by atoms with Crippen molar-refractivity contribution >= 4 is 5.84 Å². The van der Waals surface area contributed by atoms with Gasteiger partial charge in [0.2, 0.25) is 0 Å². The highest BCUT2D eigenvalue weighted by atomic mass is 16.5. The van der Waals surface area contributed by atoms with Crippen molar-refractivity contribution in [3.05, 3.63) is 36.4 Å². The van der Waals surface area contributed by atoms with Crippen LogP contribution < -0.4 is 15.2 Å². The number of nitrogens with two attached hydrogens (primary N) is 1. The molecule has 0 fully saturated rings. The van der Waals surface area contributed by atoms with E-state index in [0.717, 1.165) is 0 Å². The second-order valence-corrected chi connectivity index (χ2v) is 3.10. The third-order valence-corrected chi connectivity index (χ3v) is 1.91. The van der Waals surface area contributed by atoms with Crippen molar-refractivity contribution in [3.8, 4) is 11.5 Å². The Bertz CT molecular complexity index is 389. The van der Waals surface area contributed by atoms with E-state index >= 15 is 0 Å².